The Balaban J connectivity index is 1.64. The molecule has 0 bridgehead atoms. The van der Waals surface area contributed by atoms with Crippen LogP contribution >= 0.6 is 31.9 Å². The lowest BCUT2D eigenvalue weighted by atomic mass is 10.1. The van der Waals surface area contributed by atoms with E-state index in [1.165, 1.54) is 75.0 Å². The monoisotopic (exact) mass is 540 g/mol. The Morgan fingerprint density at radius 3 is 1.23 bits per heavy atom. The number of unbranched alkanes of at least 4 members (excludes halogenated alkanes) is 10. The maximum atomic E-state index is 5.96. The number of rotatable bonds is 18. The van der Waals surface area contributed by atoms with E-state index in [9.17, 15) is 0 Å². The lowest BCUT2D eigenvalue weighted by Crippen LogP contribution is -1.98. The minimum absolute atomic E-state index is 0.807. The number of alkyl halides is 2. The van der Waals surface area contributed by atoms with Crippen molar-refractivity contribution in [3.05, 3.63) is 36.4 Å². The van der Waals surface area contributed by atoms with Crippen LogP contribution in [-0.2, 0) is 0 Å². The van der Waals surface area contributed by atoms with Crippen molar-refractivity contribution >= 4 is 42.6 Å². The average molecular weight is 542 g/mol. The Morgan fingerprint density at radius 2 is 0.833 bits per heavy atom. The molecule has 0 saturated heterocycles. The zero-order valence-electron chi connectivity index (χ0n) is 18.4. The van der Waals surface area contributed by atoms with Gasteiger partial charge in [0.05, 0.1) is 13.2 Å². The van der Waals surface area contributed by atoms with E-state index in [1.807, 2.05) is 0 Å². The molecule has 0 amide bonds. The number of hydrogen-bond acceptors (Lipinski definition) is 2. The van der Waals surface area contributed by atoms with Crippen LogP contribution in [-0.4, -0.2) is 23.9 Å². The van der Waals surface area contributed by atoms with Crippen LogP contribution in [0.4, 0.5) is 0 Å². The summed E-state index contributed by atoms with van der Waals surface area (Å²) in [6.07, 6.45) is 15.3. The second kappa shape index (κ2) is 16.9. The Kier molecular flexibility index (Phi) is 14.4. The quantitative estimate of drug-likeness (QED) is 0.138. The van der Waals surface area contributed by atoms with E-state index in [2.05, 4.69) is 68.3 Å². The molecule has 0 fully saturated rings. The molecule has 0 saturated carbocycles. The lowest BCUT2D eigenvalue weighted by Gasteiger charge is -2.10. The molecule has 0 radical (unpaired) electrons. The smallest absolute Gasteiger partial charge is 0.119 e. The van der Waals surface area contributed by atoms with Gasteiger partial charge >= 0.3 is 0 Å². The largest absolute Gasteiger partial charge is 0.494 e. The highest BCUT2D eigenvalue weighted by molar-refractivity contribution is 9.09. The fourth-order valence-corrected chi connectivity index (χ4v) is 4.36. The third kappa shape index (κ3) is 11.0. The van der Waals surface area contributed by atoms with Crippen molar-refractivity contribution < 1.29 is 9.47 Å². The fourth-order valence-electron chi connectivity index (χ4n) is 3.57. The van der Waals surface area contributed by atoms with Gasteiger partial charge in [-0.2, -0.15) is 0 Å². The first-order valence-electron chi connectivity index (χ1n) is 11.7. The molecule has 0 aliphatic heterocycles. The van der Waals surface area contributed by atoms with Crippen LogP contribution in [0.25, 0.3) is 10.8 Å². The summed E-state index contributed by atoms with van der Waals surface area (Å²) in [7, 11) is 0. The number of benzene rings is 2. The zero-order chi connectivity index (χ0) is 21.3. The maximum absolute atomic E-state index is 5.96. The second-order valence-corrected chi connectivity index (χ2v) is 9.57. The van der Waals surface area contributed by atoms with Crippen LogP contribution in [0.3, 0.4) is 0 Å². The van der Waals surface area contributed by atoms with Gasteiger partial charge in [0.1, 0.15) is 11.5 Å². The van der Waals surface area contributed by atoms with Crippen LogP contribution in [0.15, 0.2) is 36.4 Å². The number of halogens is 2. The molecule has 0 unspecified atom stereocenters. The van der Waals surface area contributed by atoms with Gasteiger partial charge in [-0.25, -0.2) is 0 Å². The summed E-state index contributed by atoms with van der Waals surface area (Å²) in [6, 6.07) is 12.7. The van der Waals surface area contributed by atoms with Gasteiger partial charge < -0.3 is 9.47 Å². The van der Waals surface area contributed by atoms with Gasteiger partial charge in [0, 0.05) is 10.7 Å². The molecule has 0 atom stereocenters. The van der Waals surface area contributed by atoms with Crippen molar-refractivity contribution in [2.75, 3.05) is 23.9 Å². The van der Waals surface area contributed by atoms with Gasteiger partial charge in [0.15, 0.2) is 0 Å². The maximum Gasteiger partial charge on any atom is 0.119 e. The van der Waals surface area contributed by atoms with Crippen LogP contribution in [0, 0.1) is 0 Å². The number of hydrogen-bond donors (Lipinski definition) is 0. The number of ether oxygens (including phenoxy) is 2. The molecule has 2 aromatic rings. The van der Waals surface area contributed by atoms with E-state index < -0.39 is 0 Å². The molecule has 0 aromatic heterocycles. The Bertz CT molecular complexity index is 631. The van der Waals surface area contributed by atoms with Crippen LogP contribution in [0.2, 0.25) is 0 Å². The van der Waals surface area contributed by atoms with Gasteiger partial charge in [-0.1, -0.05) is 95.4 Å². The molecule has 0 heterocycles. The molecular formula is C26H38Br2O2. The summed E-state index contributed by atoms with van der Waals surface area (Å²) in [4.78, 5) is 0. The first-order chi connectivity index (χ1) is 14.8. The molecule has 2 rings (SSSR count). The molecule has 0 N–H and O–H groups in total. The molecule has 0 spiro atoms. The van der Waals surface area contributed by atoms with Gasteiger partial charge in [0.2, 0.25) is 0 Å². The highest BCUT2D eigenvalue weighted by Gasteiger charge is 2.01. The van der Waals surface area contributed by atoms with Crippen LogP contribution in [0.5, 0.6) is 11.5 Å². The van der Waals surface area contributed by atoms with Crippen molar-refractivity contribution in [1.29, 1.82) is 0 Å². The minimum Gasteiger partial charge on any atom is -0.494 e. The molecule has 168 valence electrons. The minimum atomic E-state index is 0.807. The van der Waals surface area contributed by atoms with Crippen LogP contribution in [0.1, 0.15) is 77.0 Å². The molecular weight excluding hydrogens is 504 g/mol. The van der Waals surface area contributed by atoms with Gasteiger partial charge in [-0.05, 0) is 60.7 Å². The van der Waals surface area contributed by atoms with E-state index >= 15 is 0 Å². The molecule has 30 heavy (non-hydrogen) atoms. The molecule has 2 aromatic carbocycles. The van der Waals surface area contributed by atoms with Gasteiger partial charge in [-0.15, -0.1) is 0 Å². The SMILES string of the molecule is BrCCCCCCCCOc1ccc2cc(OCCCCCCCCBr)ccc2c1. The predicted molar refractivity (Wildman–Crippen MR) is 138 cm³/mol. The summed E-state index contributed by atoms with van der Waals surface area (Å²) < 4.78 is 11.9. The molecule has 0 aliphatic carbocycles. The zero-order valence-corrected chi connectivity index (χ0v) is 21.5. The van der Waals surface area contributed by atoms with Crippen LogP contribution < -0.4 is 9.47 Å². The summed E-state index contributed by atoms with van der Waals surface area (Å²) in [6.45, 7) is 1.61. The van der Waals surface area contributed by atoms with E-state index in [-0.39, 0.29) is 0 Å². The van der Waals surface area contributed by atoms with Crippen molar-refractivity contribution in [2.45, 2.75) is 77.0 Å². The second-order valence-electron chi connectivity index (χ2n) is 7.99. The summed E-state index contributed by atoms with van der Waals surface area (Å²) in [5.74, 6) is 1.94. The van der Waals surface area contributed by atoms with E-state index in [1.54, 1.807) is 0 Å². The Morgan fingerprint density at radius 1 is 0.467 bits per heavy atom. The summed E-state index contributed by atoms with van der Waals surface area (Å²) >= 11 is 6.97. The van der Waals surface area contributed by atoms with E-state index in [0.717, 1.165) is 48.2 Å². The first kappa shape index (κ1) is 25.5. The highest BCUT2D eigenvalue weighted by atomic mass is 79.9. The normalized spacial score (nSPS) is 11.1. The van der Waals surface area contributed by atoms with E-state index in [4.69, 9.17) is 9.47 Å². The first-order valence-corrected chi connectivity index (χ1v) is 14.0. The molecule has 0 aliphatic rings. The van der Waals surface area contributed by atoms with Crippen molar-refractivity contribution in [3.63, 3.8) is 0 Å². The third-order valence-corrected chi connectivity index (χ3v) is 6.50. The Labute approximate surface area is 200 Å². The summed E-state index contributed by atoms with van der Waals surface area (Å²) in [5.41, 5.74) is 0. The van der Waals surface area contributed by atoms with Crippen molar-refractivity contribution in [2.24, 2.45) is 0 Å². The average Bonchev–Trinajstić information content (AvgIpc) is 2.77. The predicted octanol–water partition coefficient (Wildman–Crippen LogP) is 9.07. The van der Waals surface area contributed by atoms with Crippen molar-refractivity contribution in [1.82, 2.24) is 0 Å². The standard InChI is InChI=1S/C26H38Br2O2/c27-17-9-5-1-3-7-11-19-29-25-15-13-24-22-26(16-14-23(24)21-25)30-20-12-8-4-2-6-10-18-28/h13-16,21-22H,1-12,17-20H2. The molecule has 4 heteroatoms. The third-order valence-electron chi connectivity index (χ3n) is 5.38. The molecule has 2 nitrogen and oxygen atoms in total. The van der Waals surface area contributed by atoms with Gasteiger partial charge in [-0.3, -0.25) is 0 Å². The highest BCUT2D eigenvalue weighted by Crippen LogP contribution is 2.25. The lowest BCUT2D eigenvalue weighted by molar-refractivity contribution is 0.304. The Hall–Kier alpha value is -0.740. The van der Waals surface area contributed by atoms with Gasteiger partial charge in [0.25, 0.3) is 0 Å². The topological polar surface area (TPSA) is 18.5 Å². The number of fused-ring (bicyclic) bond motifs is 1. The fraction of sp³-hybridized carbons (Fsp3) is 0.615. The van der Waals surface area contributed by atoms with E-state index in [0.29, 0.717) is 0 Å². The van der Waals surface area contributed by atoms with Crippen molar-refractivity contribution in [3.8, 4) is 11.5 Å². The summed E-state index contributed by atoms with van der Waals surface area (Å²) in [5, 5.41) is 4.68.